The first-order valence-electron chi connectivity index (χ1n) is 4.91. The first-order valence-corrected chi connectivity index (χ1v) is 5.82. The number of hydrogen-bond donors (Lipinski definition) is 2. The molecule has 0 aromatic heterocycles. The molecule has 0 heterocycles. The van der Waals surface area contributed by atoms with Crippen LogP contribution in [0.5, 0.6) is 0 Å². The van der Waals surface area contributed by atoms with Crippen molar-refractivity contribution in [3.63, 3.8) is 0 Å². The fourth-order valence-corrected chi connectivity index (χ4v) is 1.22. The maximum atomic E-state index is 11.7. The Labute approximate surface area is 111 Å². The van der Waals surface area contributed by atoms with Gasteiger partial charge in [0.25, 0.3) is 17.5 Å². The molecule has 2 N–H and O–H groups in total. The van der Waals surface area contributed by atoms with E-state index in [1.54, 1.807) is 6.92 Å². The van der Waals surface area contributed by atoms with E-state index in [9.17, 15) is 19.7 Å². The van der Waals surface area contributed by atoms with Crippen molar-refractivity contribution in [3.8, 4) is 0 Å². The molecule has 0 spiro atoms. The van der Waals surface area contributed by atoms with Gasteiger partial charge in [-0.1, -0.05) is 28.1 Å². The fourth-order valence-electron chi connectivity index (χ4n) is 1.11. The highest BCUT2D eigenvalue weighted by Gasteiger charge is 2.19. The number of amides is 2. The summed E-state index contributed by atoms with van der Waals surface area (Å²) in [6, 6.07) is 5.46. The van der Waals surface area contributed by atoms with Crippen molar-refractivity contribution in [3.05, 3.63) is 39.9 Å². The molecule has 96 valence electrons. The topological polar surface area (TPSA) is 101 Å². The summed E-state index contributed by atoms with van der Waals surface area (Å²) in [6.07, 6.45) is 0. The van der Waals surface area contributed by atoms with Gasteiger partial charge < -0.3 is 0 Å². The van der Waals surface area contributed by atoms with Gasteiger partial charge in [0.05, 0.1) is 9.75 Å². The summed E-state index contributed by atoms with van der Waals surface area (Å²) in [6.45, 7) is 1.58. The number of carbonyl (C=O) groups is 2. The first kappa shape index (κ1) is 14.1. The van der Waals surface area contributed by atoms with Gasteiger partial charge in [-0.25, -0.2) is 0 Å². The number of nitro groups is 1. The Kier molecular flexibility index (Phi) is 4.78. The molecule has 0 bridgehead atoms. The van der Waals surface area contributed by atoms with Crippen molar-refractivity contribution in [2.24, 2.45) is 0 Å². The summed E-state index contributed by atoms with van der Waals surface area (Å²) >= 11 is 3.01. The van der Waals surface area contributed by atoms with E-state index < -0.39 is 21.6 Å². The third-order valence-corrected chi connectivity index (χ3v) is 2.42. The molecule has 18 heavy (non-hydrogen) atoms. The molecule has 1 rings (SSSR count). The molecule has 0 aliphatic rings. The lowest BCUT2D eigenvalue weighted by Gasteiger charge is -2.08. The molecular formula is C10H10BrN3O4. The molecule has 7 nitrogen and oxygen atoms in total. The monoisotopic (exact) mass is 315 g/mol. The zero-order valence-corrected chi connectivity index (χ0v) is 10.9. The maximum Gasteiger partial charge on any atom is 0.282 e. The highest BCUT2D eigenvalue weighted by Crippen LogP contribution is 2.16. The van der Waals surface area contributed by atoms with Crippen LogP contribution in [0.3, 0.4) is 0 Å². The summed E-state index contributed by atoms with van der Waals surface area (Å²) in [5, 5.41) is 10.7. The van der Waals surface area contributed by atoms with E-state index in [1.807, 2.05) is 0 Å². The average molecular weight is 316 g/mol. The highest BCUT2D eigenvalue weighted by atomic mass is 79.9. The molecule has 0 saturated heterocycles. The first-order chi connectivity index (χ1) is 8.43. The van der Waals surface area contributed by atoms with Crippen molar-refractivity contribution in [2.45, 2.75) is 11.8 Å². The van der Waals surface area contributed by atoms with Crippen LogP contribution in [0.2, 0.25) is 0 Å². The SMILES string of the molecule is CC(Br)C(=O)NNC(=O)c1ccccc1[N+](=O)[O-]. The van der Waals surface area contributed by atoms with E-state index in [2.05, 4.69) is 26.8 Å². The van der Waals surface area contributed by atoms with Gasteiger partial charge in [0.1, 0.15) is 5.56 Å². The number of alkyl halides is 1. The Bertz CT molecular complexity index is 490. The average Bonchev–Trinajstić information content (AvgIpc) is 2.35. The number of carbonyl (C=O) groups excluding carboxylic acids is 2. The summed E-state index contributed by atoms with van der Waals surface area (Å²) in [4.78, 5) is 32.4. The lowest BCUT2D eigenvalue weighted by molar-refractivity contribution is -0.385. The molecular weight excluding hydrogens is 306 g/mol. The van der Waals surface area contributed by atoms with Crippen LogP contribution >= 0.6 is 15.9 Å². The van der Waals surface area contributed by atoms with Gasteiger partial charge in [0.2, 0.25) is 0 Å². The maximum absolute atomic E-state index is 11.7. The minimum atomic E-state index is -0.746. The lowest BCUT2D eigenvalue weighted by Crippen LogP contribution is -2.44. The summed E-state index contributed by atoms with van der Waals surface area (Å²) < 4.78 is 0. The molecule has 1 aromatic carbocycles. The minimum Gasteiger partial charge on any atom is -0.272 e. The summed E-state index contributed by atoms with van der Waals surface area (Å²) in [7, 11) is 0. The number of hydrogen-bond acceptors (Lipinski definition) is 4. The van der Waals surface area contributed by atoms with Crippen LogP contribution in [0.1, 0.15) is 17.3 Å². The largest absolute Gasteiger partial charge is 0.282 e. The normalized spacial score (nSPS) is 11.4. The van der Waals surface area contributed by atoms with Crippen molar-refractivity contribution < 1.29 is 14.5 Å². The zero-order valence-electron chi connectivity index (χ0n) is 9.34. The van der Waals surface area contributed by atoms with Gasteiger partial charge in [0.15, 0.2) is 0 Å². The predicted molar refractivity (Wildman–Crippen MR) is 67.1 cm³/mol. The van der Waals surface area contributed by atoms with Gasteiger partial charge in [-0.05, 0) is 13.0 Å². The molecule has 0 radical (unpaired) electrons. The van der Waals surface area contributed by atoms with Gasteiger partial charge in [-0.15, -0.1) is 0 Å². The quantitative estimate of drug-likeness (QED) is 0.496. The number of nitro benzene ring substituents is 1. The number of halogens is 1. The highest BCUT2D eigenvalue weighted by molar-refractivity contribution is 9.10. The second-order valence-electron chi connectivity index (χ2n) is 3.33. The van der Waals surface area contributed by atoms with E-state index in [-0.39, 0.29) is 11.3 Å². The van der Waals surface area contributed by atoms with Crippen molar-refractivity contribution >= 4 is 33.4 Å². The zero-order chi connectivity index (χ0) is 13.7. The molecule has 0 aliphatic carbocycles. The number of hydrazine groups is 1. The molecule has 0 fully saturated rings. The molecule has 0 saturated carbocycles. The van der Waals surface area contributed by atoms with Crippen LogP contribution in [0, 0.1) is 10.1 Å². The Balaban J connectivity index is 2.79. The van der Waals surface area contributed by atoms with Gasteiger partial charge in [0, 0.05) is 6.07 Å². The Morgan fingerprint density at radius 3 is 2.50 bits per heavy atom. The summed E-state index contributed by atoms with van der Waals surface area (Å²) in [5.41, 5.74) is 3.80. The Hall–Kier alpha value is -1.96. The van der Waals surface area contributed by atoms with E-state index in [0.29, 0.717) is 0 Å². The number of nitrogens with zero attached hydrogens (tertiary/aromatic N) is 1. The van der Waals surface area contributed by atoms with Crippen LogP contribution in [0.25, 0.3) is 0 Å². The van der Waals surface area contributed by atoms with E-state index in [1.165, 1.54) is 24.3 Å². The molecule has 1 unspecified atom stereocenters. The Morgan fingerprint density at radius 1 is 1.33 bits per heavy atom. The third kappa shape index (κ3) is 3.52. The summed E-state index contributed by atoms with van der Waals surface area (Å²) in [5.74, 6) is -1.20. The predicted octanol–water partition coefficient (Wildman–Crippen LogP) is 1.14. The van der Waals surface area contributed by atoms with Crippen LogP contribution in [-0.4, -0.2) is 21.6 Å². The second-order valence-corrected chi connectivity index (χ2v) is 4.71. The smallest absolute Gasteiger partial charge is 0.272 e. The van der Waals surface area contributed by atoms with E-state index in [4.69, 9.17) is 0 Å². The van der Waals surface area contributed by atoms with Crippen LogP contribution < -0.4 is 10.9 Å². The standard InChI is InChI=1S/C10H10BrN3O4/c1-6(11)9(15)12-13-10(16)7-4-2-3-5-8(7)14(17)18/h2-6H,1H3,(H,12,15)(H,13,16). The molecule has 0 aliphatic heterocycles. The van der Waals surface area contributed by atoms with E-state index in [0.717, 1.165) is 0 Å². The van der Waals surface area contributed by atoms with Gasteiger partial charge in [-0.3, -0.25) is 30.6 Å². The Morgan fingerprint density at radius 2 is 1.94 bits per heavy atom. The molecule has 8 heteroatoms. The minimum absolute atomic E-state index is 0.120. The number of rotatable bonds is 3. The molecule has 2 amide bonds. The molecule has 1 atom stereocenters. The lowest BCUT2D eigenvalue weighted by atomic mass is 10.2. The van der Waals surface area contributed by atoms with Crippen molar-refractivity contribution in [2.75, 3.05) is 0 Å². The van der Waals surface area contributed by atoms with Gasteiger partial charge in [-0.2, -0.15) is 0 Å². The number of nitrogens with one attached hydrogen (secondary N) is 2. The number of para-hydroxylation sites is 1. The number of benzene rings is 1. The van der Waals surface area contributed by atoms with E-state index >= 15 is 0 Å². The van der Waals surface area contributed by atoms with Gasteiger partial charge >= 0.3 is 0 Å². The fraction of sp³-hybridized carbons (Fsp3) is 0.200. The van der Waals surface area contributed by atoms with Crippen LogP contribution in [-0.2, 0) is 4.79 Å². The second kappa shape index (κ2) is 6.10. The van der Waals surface area contributed by atoms with Crippen LogP contribution in [0.4, 0.5) is 5.69 Å². The van der Waals surface area contributed by atoms with Crippen LogP contribution in [0.15, 0.2) is 24.3 Å². The van der Waals surface area contributed by atoms with Crippen molar-refractivity contribution in [1.29, 1.82) is 0 Å². The third-order valence-electron chi connectivity index (χ3n) is 2.01. The van der Waals surface area contributed by atoms with Crippen molar-refractivity contribution in [1.82, 2.24) is 10.9 Å². The molecule has 1 aromatic rings.